The lowest BCUT2D eigenvalue weighted by Crippen LogP contribution is -2.32. The minimum atomic E-state index is -0.573. The zero-order chi connectivity index (χ0) is 18.2. The molecule has 0 heterocycles. The van der Waals surface area contributed by atoms with E-state index < -0.39 is 5.97 Å². The van der Waals surface area contributed by atoms with Crippen molar-refractivity contribution in [1.82, 2.24) is 5.32 Å². The first-order valence-electron chi connectivity index (χ1n) is 7.95. The van der Waals surface area contributed by atoms with Gasteiger partial charge in [-0.25, -0.2) is 4.79 Å². The van der Waals surface area contributed by atoms with E-state index in [2.05, 4.69) is 21.2 Å². The average molecular weight is 406 g/mol. The first-order chi connectivity index (χ1) is 12.0. The molecule has 0 spiro atoms. The average Bonchev–Trinajstić information content (AvgIpc) is 2.65. The van der Waals surface area contributed by atoms with Crippen LogP contribution in [0.1, 0.15) is 40.9 Å². The van der Waals surface area contributed by atoms with E-state index in [9.17, 15) is 9.59 Å². The molecular formula is C19H20BrNO4. The van der Waals surface area contributed by atoms with Gasteiger partial charge in [-0.15, -0.1) is 0 Å². The molecule has 25 heavy (non-hydrogen) atoms. The van der Waals surface area contributed by atoms with Gasteiger partial charge in [-0.05, 0) is 41.8 Å². The summed E-state index contributed by atoms with van der Waals surface area (Å²) in [6.07, 6.45) is 0.726. The summed E-state index contributed by atoms with van der Waals surface area (Å²) in [6.45, 7) is 1.54. The van der Waals surface area contributed by atoms with Crippen molar-refractivity contribution >= 4 is 27.8 Å². The Kier molecular flexibility index (Phi) is 7.16. The third-order valence-corrected chi connectivity index (χ3v) is 4.25. The molecule has 0 aliphatic heterocycles. The summed E-state index contributed by atoms with van der Waals surface area (Å²) in [4.78, 5) is 24.0. The minimum absolute atomic E-state index is 0.0911. The molecule has 2 aromatic carbocycles. The summed E-state index contributed by atoms with van der Waals surface area (Å²) in [6, 6.07) is 14.0. The number of hydrogen-bond acceptors (Lipinski definition) is 4. The van der Waals surface area contributed by atoms with Gasteiger partial charge in [0.2, 0.25) is 0 Å². The summed E-state index contributed by atoms with van der Waals surface area (Å²) >= 11 is 3.38. The SMILES string of the molecule is CC[C@@H](NC(=O)COC(=O)c1ccc(CO)cc1)c1ccc(Br)cc1. The van der Waals surface area contributed by atoms with Crippen LogP contribution in [0, 0.1) is 0 Å². The van der Waals surface area contributed by atoms with Gasteiger partial charge in [-0.1, -0.05) is 47.1 Å². The Labute approximate surface area is 155 Å². The molecule has 2 aromatic rings. The van der Waals surface area contributed by atoms with Gasteiger partial charge in [0.1, 0.15) is 0 Å². The van der Waals surface area contributed by atoms with Gasteiger partial charge < -0.3 is 15.2 Å². The molecule has 6 heteroatoms. The van der Waals surface area contributed by atoms with E-state index >= 15 is 0 Å². The van der Waals surface area contributed by atoms with Gasteiger partial charge in [0.05, 0.1) is 18.2 Å². The molecule has 0 saturated carbocycles. The van der Waals surface area contributed by atoms with Crippen LogP contribution in [-0.4, -0.2) is 23.6 Å². The smallest absolute Gasteiger partial charge is 0.338 e. The van der Waals surface area contributed by atoms with Gasteiger partial charge >= 0.3 is 5.97 Å². The predicted molar refractivity (Wildman–Crippen MR) is 98.0 cm³/mol. The van der Waals surface area contributed by atoms with Crippen LogP contribution in [0.4, 0.5) is 0 Å². The highest BCUT2D eigenvalue weighted by molar-refractivity contribution is 9.10. The molecule has 0 unspecified atom stereocenters. The van der Waals surface area contributed by atoms with Crippen LogP contribution in [0.25, 0.3) is 0 Å². The highest BCUT2D eigenvalue weighted by atomic mass is 79.9. The Hall–Kier alpha value is -2.18. The number of benzene rings is 2. The predicted octanol–water partition coefficient (Wildman–Crippen LogP) is 3.37. The Morgan fingerprint density at radius 1 is 1.12 bits per heavy atom. The van der Waals surface area contributed by atoms with Crippen molar-refractivity contribution in [2.45, 2.75) is 26.0 Å². The lowest BCUT2D eigenvalue weighted by Gasteiger charge is -2.17. The number of carbonyl (C=O) groups excluding carboxylic acids is 2. The fourth-order valence-electron chi connectivity index (χ4n) is 2.31. The summed E-state index contributed by atoms with van der Waals surface area (Å²) in [5.74, 6) is -0.925. The van der Waals surface area contributed by atoms with Crippen molar-refractivity contribution in [1.29, 1.82) is 0 Å². The molecule has 2 rings (SSSR count). The van der Waals surface area contributed by atoms with E-state index in [0.717, 1.165) is 16.5 Å². The maximum absolute atomic E-state index is 12.1. The van der Waals surface area contributed by atoms with Gasteiger partial charge in [-0.2, -0.15) is 0 Å². The zero-order valence-corrected chi connectivity index (χ0v) is 15.5. The number of nitrogens with one attached hydrogen (secondary N) is 1. The molecule has 1 amide bonds. The number of halogens is 1. The molecule has 0 bridgehead atoms. The van der Waals surface area contributed by atoms with Crippen molar-refractivity contribution in [2.24, 2.45) is 0 Å². The Balaban J connectivity index is 1.88. The summed E-state index contributed by atoms with van der Waals surface area (Å²) < 4.78 is 6.01. The topological polar surface area (TPSA) is 75.6 Å². The lowest BCUT2D eigenvalue weighted by atomic mass is 10.0. The Morgan fingerprint density at radius 2 is 1.76 bits per heavy atom. The monoisotopic (exact) mass is 405 g/mol. The molecule has 0 aliphatic rings. The number of esters is 1. The second-order valence-electron chi connectivity index (χ2n) is 5.51. The van der Waals surface area contributed by atoms with Gasteiger partial charge in [0.25, 0.3) is 5.91 Å². The summed E-state index contributed by atoms with van der Waals surface area (Å²) in [5, 5.41) is 11.9. The maximum atomic E-state index is 12.1. The van der Waals surface area contributed by atoms with E-state index in [1.165, 1.54) is 0 Å². The van der Waals surface area contributed by atoms with E-state index in [4.69, 9.17) is 9.84 Å². The zero-order valence-electron chi connectivity index (χ0n) is 13.9. The Bertz CT molecular complexity index is 713. The second-order valence-corrected chi connectivity index (χ2v) is 6.43. The number of ether oxygens (including phenoxy) is 1. The molecule has 2 N–H and O–H groups in total. The fourth-order valence-corrected chi connectivity index (χ4v) is 2.58. The normalized spacial score (nSPS) is 11.6. The Morgan fingerprint density at radius 3 is 2.32 bits per heavy atom. The molecular weight excluding hydrogens is 386 g/mol. The van der Waals surface area contributed by atoms with Crippen LogP contribution >= 0.6 is 15.9 Å². The molecule has 0 saturated heterocycles. The fraction of sp³-hybridized carbons (Fsp3) is 0.263. The third-order valence-electron chi connectivity index (χ3n) is 3.72. The van der Waals surface area contributed by atoms with Gasteiger partial charge in [0, 0.05) is 4.47 Å². The molecule has 0 aromatic heterocycles. The van der Waals surface area contributed by atoms with Crippen molar-refractivity contribution < 1.29 is 19.4 Å². The van der Waals surface area contributed by atoms with Crippen LogP contribution in [0.5, 0.6) is 0 Å². The molecule has 5 nitrogen and oxygen atoms in total. The number of rotatable bonds is 7. The largest absolute Gasteiger partial charge is 0.452 e. The quantitative estimate of drug-likeness (QED) is 0.692. The van der Waals surface area contributed by atoms with Crippen molar-refractivity contribution in [2.75, 3.05) is 6.61 Å². The first kappa shape index (κ1) is 19.1. The summed E-state index contributed by atoms with van der Waals surface area (Å²) in [5.41, 5.74) is 2.03. The maximum Gasteiger partial charge on any atom is 0.338 e. The molecule has 0 fully saturated rings. The minimum Gasteiger partial charge on any atom is -0.452 e. The highest BCUT2D eigenvalue weighted by Crippen LogP contribution is 2.19. The van der Waals surface area contributed by atoms with Crippen LogP contribution in [0.15, 0.2) is 53.0 Å². The van der Waals surface area contributed by atoms with Crippen molar-refractivity contribution in [3.63, 3.8) is 0 Å². The van der Waals surface area contributed by atoms with E-state index in [-0.39, 0.29) is 25.2 Å². The number of aliphatic hydroxyl groups is 1. The van der Waals surface area contributed by atoms with Crippen LogP contribution < -0.4 is 5.32 Å². The number of aliphatic hydroxyl groups excluding tert-OH is 1. The van der Waals surface area contributed by atoms with Crippen LogP contribution in [0.3, 0.4) is 0 Å². The second kappa shape index (κ2) is 9.34. The molecule has 0 aliphatic carbocycles. The standard InChI is InChI=1S/C19H20BrNO4/c1-2-17(14-7-9-16(20)10-8-14)21-18(23)12-25-19(24)15-5-3-13(11-22)4-6-15/h3-10,17,22H,2,11-12H2,1H3,(H,21,23)/t17-/m1/s1. The summed E-state index contributed by atoms with van der Waals surface area (Å²) in [7, 11) is 0. The highest BCUT2D eigenvalue weighted by Gasteiger charge is 2.15. The molecule has 0 radical (unpaired) electrons. The molecule has 1 atom stereocenters. The van der Waals surface area contributed by atoms with E-state index in [1.807, 2.05) is 31.2 Å². The van der Waals surface area contributed by atoms with Gasteiger partial charge in [-0.3, -0.25) is 4.79 Å². The van der Waals surface area contributed by atoms with E-state index in [1.54, 1.807) is 24.3 Å². The number of carbonyl (C=O) groups is 2. The van der Waals surface area contributed by atoms with E-state index in [0.29, 0.717) is 11.1 Å². The van der Waals surface area contributed by atoms with Crippen LogP contribution in [0.2, 0.25) is 0 Å². The number of amides is 1. The first-order valence-corrected chi connectivity index (χ1v) is 8.74. The van der Waals surface area contributed by atoms with Crippen LogP contribution in [-0.2, 0) is 16.1 Å². The lowest BCUT2D eigenvalue weighted by molar-refractivity contribution is -0.125. The van der Waals surface area contributed by atoms with Crippen molar-refractivity contribution in [3.8, 4) is 0 Å². The van der Waals surface area contributed by atoms with Gasteiger partial charge in [0.15, 0.2) is 6.61 Å². The molecule has 132 valence electrons. The number of hydrogen-bond donors (Lipinski definition) is 2. The van der Waals surface area contributed by atoms with Crippen molar-refractivity contribution in [3.05, 3.63) is 69.7 Å². The third kappa shape index (κ3) is 5.69.